The Hall–Kier alpha value is -1.27. The van der Waals surface area contributed by atoms with Gasteiger partial charge in [0.25, 0.3) is 0 Å². The molecule has 1 unspecified atom stereocenters. The van der Waals surface area contributed by atoms with E-state index in [1.165, 1.54) is 23.5 Å². The molecule has 0 aliphatic heterocycles. The summed E-state index contributed by atoms with van der Waals surface area (Å²) in [4.78, 5) is 8.43. The summed E-state index contributed by atoms with van der Waals surface area (Å²) in [6, 6.07) is 4.66. The van der Waals surface area contributed by atoms with Gasteiger partial charge in [0.05, 0.1) is 6.04 Å². The highest BCUT2D eigenvalue weighted by molar-refractivity contribution is 9.10. The lowest BCUT2D eigenvalue weighted by Gasteiger charge is -2.17. The van der Waals surface area contributed by atoms with Crippen LogP contribution in [0.1, 0.15) is 23.5 Å². The Morgan fingerprint density at radius 3 is 2.89 bits per heavy atom. The molecule has 1 heterocycles. The van der Waals surface area contributed by atoms with Crippen LogP contribution in [0.3, 0.4) is 0 Å². The van der Waals surface area contributed by atoms with Crippen molar-refractivity contribution in [2.75, 3.05) is 7.05 Å². The molecule has 100 valence electrons. The first-order valence-corrected chi connectivity index (χ1v) is 7.37. The second-order valence-electron chi connectivity index (χ2n) is 3.94. The van der Waals surface area contributed by atoms with Crippen LogP contribution in [0.25, 0.3) is 0 Å². The molecule has 0 spiro atoms. The van der Waals surface area contributed by atoms with Crippen molar-refractivity contribution in [2.45, 2.75) is 13.0 Å². The normalized spacial score (nSPS) is 13.4. The molecule has 1 N–H and O–H groups in total. The predicted molar refractivity (Wildman–Crippen MR) is 80.2 cm³/mol. The van der Waals surface area contributed by atoms with Gasteiger partial charge in [0.15, 0.2) is 10.8 Å². The summed E-state index contributed by atoms with van der Waals surface area (Å²) < 4.78 is 13.8. The number of nitrogens with zero attached hydrogens (tertiary/aromatic N) is 2. The quantitative estimate of drug-likeness (QED) is 0.681. The van der Waals surface area contributed by atoms with Crippen molar-refractivity contribution in [3.63, 3.8) is 0 Å². The van der Waals surface area contributed by atoms with Gasteiger partial charge in [-0.15, -0.1) is 11.3 Å². The second-order valence-corrected chi connectivity index (χ2v) is 5.69. The highest BCUT2D eigenvalue weighted by Crippen LogP contribution is 2.24. The molecule has 2 rings (SSSR count). The van der Waals surface area contributed by atoms with Gasteiger partial charge in [-0.05, 0) is 24.6 Å². The highest BCUT2D eigenvalue weighted by Gasteiger charge is 2.14. The number of aromatic nitrogens is 1. The third-order valence-electron chi connectivity index (χ3n) is 2.64. The zero-order chi connectivity index (χ0) is 13.8. The van der Waals surface area contributed by atoms with Gasteiger partial charge in [-0.25, -0.2) is 9.37 Å². The van der Waals surface area contributed by atoms with Crippen molar-refractivity contribution in [1.82, 2.24) is 10.3 Å². The van der Waals surface area contributed by atoms with Gasteiger partial charge < -0.3 is 5.32 Å². The molecule has 1 atom stereocenters. The maximum absolute atomic E-state index is 13.1. The number of halogens is 2. The lowest BCUT2D eigenvalue weighted by Crippen LogP contribution is -2.27. The van der Waals surface area contributed by atoms with Crippen LogP contribution in [0.4, 0.5) is 4.39 Å². The second kappa shape index (κ2) is 6.25. The summed E-state index contributed by atoms with van der Waals surface area (Å²) in [7, 11) is 1.72. The fourth-order valence-corrected chi connectivity index (χ4v) is 3.03. The smallest absolute Gasteiger partial charge is 0.158 e. The summed E-state index contributed by atoms with van der Waals surface area (Å²) in [5, 5.41) is 6.03. The SMILES string of the molecule is CN=C(NC(C)c1ccc(F)cc1Br)c1nccs1. The molecule has 0 saturated heterocycles. The molecular formula is C13H13BrFN3S. The van der Waals surface area contributed by atoms with Crippen molar-refractivity contribution in [1.29, 1.82) is 0 Å². The lowest BCUT2D eigenvalue weighted by atomic mass is 10.1. The molecule has 6 heteroatoms. The Balaban J connectivity index is 2.18. The number of nitrogens with one attached hydrogen (secondary N) is 1. The molecule has 19 heavy (non-hydrogen) atoms. The van der Waals surface area contributed by atoms with Crippen LogP contribution in [0.15, 0.2) is 39.2 Å². The number of rotatable bonds is 3. The lowest BCUT2D eigenvalue weighted by molar-refractivity contribution is 0.622. The van der Waals surface area contributed by atoms with E-state index in [1.807, 2.05) is 12.3 Å². The number of amidine groups is 1. The topological polar surface area (TPSA) is 37.3 Å². The van der Waals surface area contributed by atoms with Crippen molar-refractivity contribution in [3.8, 4) is 0 Å². The van der Waals surface area contributed by atoms with E-state index in [0.717, 1.165) is 20.9 Å². The van der Waals surface area contributed by atoms with Crippen LogP contribution in [0.5, 0.6) is 0 Å². The maximum atomic E-state index is 13.1. The van der Waals surface area contributed by atoms with E-state index in [0.29, 0.717) is 0 Å². The Morgan fingerprint density at radius 1 is 1.53 bits per heavy atom. The first-order valence-electron chi connectivity index (χ1n) is 5.70. The highest BCUT2D eigenvalue weighted by atomic mass is 79.9. The van der Waals surface area contributed by atoms with Gasteiger partial charge in [0.2, 0.25) is 0 Å². The molecule has 0 saturated carbocycles. The van der Waals surface area contributed by atoms with Crippen molar-refractivity contribution in [3.05, 3.63) is 50.6 Å². The summed E-state index contributed by atoms with van der Waals surface area (Å²) in [6.45, 7) is 2.00. The van der Waals surface area contributed by atoms with Gasteiger partial charge in [0.1, 0.15) is 5.82 Å². The van der Waals surface area contributed by atoms with E-state index < -0.39 is 0 Å². The molecule has 0 amide bonds. The summed E-state index contributed by atoms with van der Waals surface area (Å²) in [5.41, 5.74) is 0.971. The zero-order valence-corrected chi connectivity index (χ0v) is 12.9. The summed E-state index contributed by atoms with van der Waals surface area (Å²) in [5.74, 6) is 0.478. The maximum Gasteiger partial charge on any atom is 0.158 e. The van der Waals surface area contributed by atoms with Crippen molar-refractivity contribution >= 4 is 33.1 Å². The third-order valence-corrected chi connectivity index (χ3v) is 4.11. The predicted octanol–water partition coefficient (Wildman–Crippen LogP) is 3.77. The van der Waals surface area contributed by atoms with Crippen LogP contribution >= 0.6 is 27.3 Å². The van der Waals surface area contributed by atoms with Crippen LogP contribution in [0, 0.1) is 5.82 Å². The standard InChI is InChI=1S/C13H13BrFN3S/c1-8(10-4-3-9(15)7-11(10)14)18-12(16-2)13-17-5-6-19-13/h3-8H,1-2H3,(H,16,18). The number of thiazole rings is 1. The average molecular weight is 342 g/mol. The molecule has 0 bridgehead atoms. The average Bonchev–Trinajstić information content (AvgIpc) is 2.89. The van der Waals surface area contributed by atoms with Gasteiger partial charge in [-0.3, -0.25) is 4.99 Å². The molecule has 1 aromatic heterocycles. The molecule has 0 aliphatic rings. The van der Waals surface area contributed by atoms with Crippen LogP contribution in [-0.2, 0) is 0 Å². The van der Waals surface area contributed by atoms with Gasteiger partial charge in [-0.2, -0.15) is 0 Å². The molecule has 0 fully saturated rings. The van der Waals surface area contributed by atoms with Crippen LogP contribution < -0.4 is 5.32 Å². The largest absolute Gasteiger partial charge is 0.361 e. The Bertz CT molecular complexity index is 584. The molecule has 0 radical (unpaired) electrons. The van der Waals surface area contributed by atoms with E-state index in [-0.39, 0.29) is 11.9 Å². The van der Waals surface area contributed by atoms with E-state index >= 15 is 0 Å². The molecule has 1 aromatic carbocycles. The minimum atomic E-state index is -0.257. The monoisotopic (exact) mass is 341 g/mol. The molecule has 2 aromatic rings. The summed E-state index contributed by atoms with van der Waals surface area (Å²) in [6.07, 6.45) is 1.74. The van der Waals surface area contributed by atoms with Crippen molar-refractivity contribution in [2.24, 2.45) is 4.99 Å². The zero-order valence-electron chi connectivity index (χ0n) is 10.5. The van der Waals surface area contributed by atoms with Gasteiger partial charge in [-0.1, -0.05) is 22.0 Å². The molecule has 0 aliphatic carbocycles. The fourth-order valence-electron chi connectivity index (χ4n) is 1.70. The third kappa shape index (κ3) is 3.39. The molecular weight excluding hydrogens is 329 g/mol. The van der Waals surface area contributed by atoms with E-state index in [2.05, 4.69) is 31.2 Å². The number of aliphatic imine (C=N–C) groups is 1. The van der Waals surface area contributed by atoms with Crippen LogP contribution in [-0.4, -0.2) is 17.9 Å². The number of hydrogen-bond donors (Lipinski definition) is 1. The number of hydrogen-bond acceptors (Lipinski definition) is 3. The van der Waals surface area contributed by atoms with E-state index in [4.69, 9.17) is 0 Å². The fraction of sp³-hybridized carbons (Fsp3) is 0.231. The van der Waals surface area contributed by atoms with Crippen LogP contribution in [0.2, 0.25) is 0 Å². The number of benzene rings is 1. The Morgan fingerprint density at radius 2 is 2.32 bits per heavy atom. The Kier molecular flexibility index (Phi) is 4.66. The van der Waals surface area contributed by atoms with E-state index in [1.54, 1.807) is 19.3 Å². The molecule has 3 nitrogen and oxygen atoms in total. The van der Waals surface area contributed by atoms with Gasteiger partial charge in [0, 0.05) is 23.1 Å². The first-order chi connectivity index (χ1) is 9.11. The summed E-state index contributed by atoms with van der Waals surface area (Å²) >= 11 is 4.90. The first kappa shape index (κ1) is 14.1. The Labute approximate surface area is 123 Å². The van der Waals surface area contributed by atoms with Gasteiger partial charge >= 0.3 is 0 Å². The van der Waals surface area contributed by atoms with Crippen molar-refractivity contribution < 1.29 is 4.39 Å². The minimum Gasteiger partial charge on any atom is -0.361 e. The van der Waals surface area contributed by atoms with E-state index in [9.17, 15) is 4.39 Å². The minimum absolute atomic E-state index is 0.00225.